The number of carbonyl (C=O) groups is 3. The van der Waals surface area contributed by atoms with Crippen molar-refractivity contribution in [2.45, 2.75) is 17.8 Å². The number of hydrogen-bond acceptors (Lipinski definition) is 3. The highest BCUT2D eigenvalue weighted by atomic mass is 35.5. The second-order valence-corrected chi connectivity index (χ2v) is 9.39. The molecular weight excluding hydrogens is 445 g/mol. The van der Waals surface area contributed by atoms with Crippen molar-refractivity contribution in [2.75, 3.05) is 4.90 Å². The summed E-state index contributed by atoms with van der Waals surface area (Å²) in [5.74, 6) is -2.40. The van der Waals surface area contributed by atoms with Crippen LogP contribution in [0.25, 0.3) is 0 Å². The standard InChI is InChI=1S/C26H17Cl2NO3/c27-17-10-4-8-15-19(17)21-20-16(9-5-11-18(20)28)26(15,12-13-30)23-22(21)24(31)29(25(23)32)14-6-2-1-3-7-14/h1-11,13,21-23H,12H2. The Morgan fingerprint density at radius 3 is 1.97 bits per heavy atom. The summed E-state index contributed by atoms with van der Waals surface area (Å²) in [6.45, 7) is 0. The third kappa shape index (κ3) is 2.21. The first-order valence-electron chi connectivity index (χ1n) is 10.5. The Bertz CT molecular complexity index is 1270. The molecule has 2 atom stereocenters. The Morgan fingerprint density at radius 2 is 1.41 bits per heavy atom. The number of carbonyl (C=O) groups excluding carboxylic acids is 3. The van der Waals surface area contributed by atoms with E-state index in [0.717, 1.165) is 28.5 Å². The lowest BCUT2D eigenvalue weighted by atomic mass is 9.46. The van der Waals surface area contributed by atoms with Crippen molar-refractivity contribution < 1.29 is 14.4 Å². The quantitative estimate of drug-likeness (QED) is 0.401. The van der Waals surface area contributed by atoms with Crippen LogP contribution in [-0.4, -0.2) is 18.1 Å². The average Bonchev–Trinajstić information content (AvgIpc) is 3.07. The van der Waals surface area contributed by atoms with Gasteiger partial charge in [0.25, 0.3) is 0 Å². The number of hydrogen-bond donors (Lipinski definition) is 0. The molecule has 3 aromatic carbocycles. The van der Waals surface area contributed by atoms with Gasteiger partial charge in [-0.15, -0.1) is 0 Å². The minimum absolute atomic E-state index is 0.0588. The van der Waals surface area contributed by atoms with Crippen LogP contribution in [0.15, 0.2) is 66.7 Å². The van der Waals surface area contributed by atoms with Crippen LogP contribution in [0.4, 0.5) is 5.69 Å². The molecule has 0 radical (unpaired) electrons. The molecule has 158 valence electrons. The predicted molar refractivity (Wildman–Crippen MR) is 122 cm³/mol. The summed E-state index contributed by atoms with van der Waals surface area (Å²) in [4.78, 5) is 41.2. The summed E-state index contributed by atoms with van der Waals surface area (Å²) in [7, 11) is 0. The van der Waals surface area contributed by atoms with Crippen molar-refractivity contribution in [3.8, 4) is 0 Å². The number of para-hydroxylation sites is 1. The SMILES string of the molecule is O=CCC12c3cccc(Cl)c3C(c3c(Cl)cccc31)C1C(=O)N(c3ccccc3)C(=O)C12. The first-order valence-corrected chi connectivity index (χ1v) is 11.2. The molecule has 4 nitrogen and oxygen atoms in total. The molecule has 0 N–H and O–H groups in total. The van der Waals surface area contributed by atoms with E-state index in [9.17, 15) is 14.4 Å². The summed E-state index contributed by atoms with van der Waals surface area (Å²) in [6.07, 6.45) is 0.893. The maximum atomic E-state index is 13.9. The number of rotatable bonds is 3. The van der Waals surface area contributed by atoms with Crippen LogP contribution in [0.3, 0.4) is 0 Å². The lowest BCUT2D eigenvalue weighted by Crippen LogP contribution is -2.54. The number of anilines is 1. The van der Waals surface area contributed by atoms with Gasteiger partial charge in [0.05, 0.1) is 17.5 Å². The van der Waals surface area contributed by atoms with Crippen LogP contribution in [-0.2, 0) is 19.8 Å². The Labute approximate surface area is 194 Å². The fraction of sp³-hybridized carbons (Fsp3) is 0.192. The van der Waals surface area contributed by atoms with Gasteiger partial charge < -0.3 is 4.79 Å². The number of halogens is 2. The van der Waals surface area contributed by atoms with Gasteiger partial charge in [0.15, 0.2) is 0 Å². The molecule has 1 heterocycles. The molecule has 4 aliphatic rings. The number of imide groups is 1. The van der Waals surface area contributed by atoms with E-state index in [-0.39, 0.29) is 18.2 Å². The largest absolute Gasteiger partial charge is 0.303 e. The van der Waals surface area contributed by atoms with E-state index < -0.39 is 23.2 Å². The molecule has 1 saturated heterocycles. The number of amides is 2. The van der Waals surface area contributed by atoms with E-state index in [0.29, 0.717) is 15.7 Å². The molecule has 7 rings (SSSR count). The van der Waals surface area contributed by atoms with Crippen molar-refractivity contribution in [1.82, 2.24) is 0 Å². The van der Waals surface area contributed by atoms with Gasteiger partial charge in [0.2, 0.25) is 11.8 Å². The molecule has 0 saturated carbocycles. The van der Waals surface area contributed by atoms with Crippen molar-refractivity contribution >= 4 is 47.0 Å². The number of benzene rings is 3. The molecule has 2 amide bonds. The molecular formula is C26H17Cl2NO3. The summed E-state index contributed by atoms with van der Waals surface area (Å²) in [5.41, 5.74) is 2.81. The Balaban J connectivity index is 1.71. The molecule has 2 bridgehead atoms. The van der Waals surface area contributed by atoms with E-state index in [1.807, 2.05) is 30.3 Å². The molecule has 3 aromatic rings. The molecule has 1 fully saturated rings. The molecule has 0 aromatic heterocycles. The van der Waals surface area contributed by atoms with Crippen LogP contribution in [0, 0.1) is 11.8 Å². The number of aldehydes is 1. The molecule has 0 spiro atoms. The van der Waals surface area contributed by atoms with Crippen molar-refractivity contribution in [2.24, 2.45) is 11.8 Å². The smallest absolute Gasteiger partial charge is 0.238 e. The van der Waals surface area contributed by atoms with E-state index in [1.165, 1.54) is 4.90 Å². The first kappa shape index (κ1) is 19.7. The third-order valence-electron chi connectivity index (χ3n) is 7.35. The maximum Gasteiger partial charge on any atom is 0.238 e. The van der Waals surface area contributed by atoms with Gasteiger partial charge in [-0.25, -0.2) is 4.90 Å². The Kier molecular flexibility index (Phi) is 4.17. The van der Waals surface area contributed by atoms with E-state index in [1.54, 1.807) is 36.4 Å². The summed E-state index contributed by atoms with van der Waals surface area (Å²) in [6, 6.07) is 20.0. The van der Waals surface area contributed by atoms with Gasteiger partial charge in [0, 0.05) is 27.8 Å². The van der Waals surface area contributed by atoms with Crippen molar-refractivity contribution in [3.05, 3.63) is 99.0 Å². The van der Waals surface area contributed by atoms with Crippen LogP contribution in [0.5, 0.6) is 0 Å². The summed E-state index contributed by atoms with van der Waals surface area (Å²) < 4.78 is 0. The molecule has 2 unspecified atom stereocenters. The predicted octanol–water partition coefficient (Wildman–Crippen LogP) is 5.13. The van der Waals surface area contributed by atoms with Crippen LogP contribution >= 0.6 is 23.2 Å². The van der Waals surface area contributed by atoms with E-state index in [4.69, 9.17) is 23.2 Å². The number of nitrogens with zero attached hydrogens (tertiary/aromatic N) is 1. The van der Waals surface area contributed by atoms with Crippen LogP contribution < -0.4 is 4.90 Å². The molecule has 1 aliphatic heterocycles. The van der Waals surface area contributed by atoms with Crippen LogP contribution in [0.1, 0.15) is 34.6 Å². The Hall–Kier alpha value is -2.95. The monoisotopic (exact) mass is 461 g/mol. The zero-order chi connectivity index (χ0) is 22.2. The van der Waals surface area contributed by atoms with Crippen LogP contribution in [0.2, 0.25) is 10.0 Å². The highest BCUT2D eigenvalue weighted by molar-refractivity contribution is 6.33. The normalized spacial score (nSPS) is 27.2. The minimum Gasteiger partial charge on any atom is -0.303 e. The third-order valence-corrected chi connectivity index (χ3v) is 8.01. The average molecular weight is 462 g/mol. The Morgan fingerprint density at radius 1 is 0.812 bits per heavy atom. The van der Waals surface area contributed by atoms with Gasteiger partial charge in [-0.1, -0.05) is 65.7 Å². The second kappa shape index (κ2) is 6.77. The van der Waals surface area contributed by atoms with E-state index >= 15 is 0 Å². The van der Waals surface area contributed by atoms with Gasteiger partial charge in [0.1, 0.15) is 6.29 Å². The van der Waals surface area contributed by atoms with Gasteiger partial charge in [-0.2, -0.15) is 0 Å². The van der Waals surface area contributed by atoms with Gasteiger partial charge in [-0.05, 0) is 46.5 Å². The van der Waals surface area contributed by atoms with Gasteiger partial charge >= 0.3 is 0 Å². The fourth-order valence-electron chi connectivity index (χ4n) is 6.32. The fourth-order valence-corrected chi connectivity index (χ4v) is 6.91. The minimum atomic E-state index is -1.00. The molecule has 32 heavy (non-hydrogen) atoms. The highest BCUT2D eigenvalue weighted by Crippen LogP contribution is 2.67. The zero-order valence-electron chi connectivity index (χ0n) is 16.8. The van der Waals surface area contributed by atoms with Crippen molar-refractivity contribution in [3.63, 3.8) is 0 Å². The van der Waals surface area contributed by atoms with Crippen molar-refractivity contribution in [1.29, 1.82) is 0 Å². The van der Waals surface area contributed by atoms with E-state index in [2.05, 4.69) is 0 Å². The van der Waals surface area contributed by atoms with Gasteiger partial charge in [-0.3, -0.25) is 9.59 Å². The lowest BCUT2D eigenvalue weighted by Gasteiger charge is -2.54. The second-order valence-electron chi connectivity index (χ2n) is 8.57. The molecule has 3 aliphatic carbocycles. The topological polar surface area (TPSA) is 54.5 Å². The molecule has 6 heteroatoms. The highest BCUT2D eigenvalue weighted by Gasteiger charge is 2.68. The zero-order valence-corrected chi connectivity index (χ0v) is 18.3. The first-order chi connectivity index (χ1) is 15.5. The lowest BCUT2D eigenvalue weighted by molar-refractivity contribution is -0.124. The maximum absolute atomic E-state index is 13.9. The summed E-state index contributed by atoms with van der Waals surface area (Å²) >= 11 is 13.4. The summed E-state index contributed by atoms with van der Waals surface area (Å²) in [5, 5.41) is 1.04.